The zero-order chi connectivity index (χ0) is 44.7. The van der Waals surface area contributed by atoms with Crippen LogP contribution in [0.5, 0.6) is 0 Å². The Hall–Kier alpha value is -6.73. The van der Waals surface area contributed by atoms with Crippen molar-refractivity contribution in [2.24, 2.45) is 47.3 Å². The lowest BCUT2D eigenvalue weighted by molar-refractivity contribution is -0.146. The molecule has 6 fully saturated rings. The summed E-state index contributed by atoms with van der Waals surface area (Å²) >= 11 is 0. The van der Waals surface area contributed by atoms with Crippen molar-refractivity contribution < 1.29 is 74.6 Å². The molecule has 9 rings (SSSR count). The molecule has 4 heterocycles. The van der Waals surface area contributed by atoms with Crippen molar-refractivity contribution in [3.8, 4) is 11.1 Å². The largest absolute Gasteiger partial charge is 0.478 e. The lowest BCUT2D eigenvalue weighted by Gasteiger charge is -2.36. The van der Waals surface area contributed by atoms with Gasteiger partial charge < -0.3 is 5.11 Å². The van der Waals surface area contributed by atoms with Gasteiger partial charge in [0.15, 0.2) is 0 Å². The lowest BCUT2D eigenvalue weighted by Crippen LogP contribution is -2.50. The third-order valence-electron chi connectivity index (χ3n) is 12.5. The number of carboxylic acids is 1. The highest BCUT2D eigenvalue weighted by Gasteiger charge is 2.74. The summed E-state index contributed by atoms with van der Waals surface area (Å²) in [5.74, 6) is -14.0. The standard InChI is InChI=1S/C24H16F6N2O4.C17H14N2O6/c1-9-3-5-11(13(7-9)23(25,26)27)12-6-4-10(8-14(12)24(28,29)30)32-21(35)17-15-16(18(17)22(32)36)20(34)31(2)19(15)33;1-6-3-7(17(24)25)5-8(4-6)19-15(22)11-9-10(12(11)16(19)23)14(21)18(2)13(9)20/h3-8,15-18H,1-2H3;3-5,9-12H,1-2H3,(H,24,25). The molecule has 61 heavy (non-hydrogen) atoms. The molecule has 8 atom stereocenters. The minimum absolute atomic E-state index is 0.0399. The molecule has 0 bridgehead atoms. The number of carboxylic acid groups (broad SMARTS) is 1. The Labute approximate surface area is 339 Å². The topological polar surface area (TPSA) is 187 Å². The zero-order valence-corrected chi connectivity index (χ0v) is 32.0. The average molecular weight is 853 g/mol. The van der Waals surface area contributed by atoms with Crippen LogP contribution in [0, 0.1) is 61.2 Å². The molecule has 1 N–H and O–H groups in total. The highest BCUT2D eigenvalue weighted by molar-refractivity contribution is 6.29. The van der Waals surface area contributed by atoms with Crippen molar-refractivity contribution >= 4 is 64.6 Å². The van der Waals surface area contributed by atoms with Gasteiger partial charge in [0.05, 0.1) is 75.4 Å². The maximum atomic E-state index is 14.0. The minimum Gasteiger partial charge on any atom is -0.478 e. The van der Waals surface area contributed by atoms with Crippen LogP contribution in [0.25, 0.3) is 11.1 Å². The van der Waals surface area contributed by atoms with Crippen molar-refractivity contribution in [2.45, 2.75) is 26.2 Å². The summed E-state index contributed by atoms with van der Waals surface area (Å²) in [4.78, 5) is 115. The molecule has 8 unspecified atom stereocenters. The number of halogens is 6. The summed E-state index contributed by atoms with van der Waals surface area (Å²) in [7, 11) is 2.57. The van der Waals surface area contributed by atoms with Crippen LogP contribution in [0.4, 0.5) is 37.7 Å². The van der Waals surface area contributed by atoms with E-state index in [0.717, 1.165) is 39.0 Å². The molecule has 0 radical (unpaired) electrons. The molecule has 6 aliphatic rings. The van der Waals surface area contributed by atoms with Crippen molar-refractivity contribution in [1.82, 2.24) is 9.80 Å². The fourth-order valence-corrected chi connectivity index (χ4v) is 9.67. The Morgan fingerprint density at radius 3 is 1.23 bits per heavy atom. The number of alkyl halides is 6. The summed E-state index contributed by atoms with van der Waals surface area (Å²) < 4.78 is 83.0. The molecule has 0 spiro atoms. The second-order valence-corrected chi connectivity index (χ2v) is 15.8. The highest BCUT2D eigenvalue weighted by Crippen LogP contribution is 2.58. The number of aryl methyl sites for hydroxylation is 2. The first-order valence-electron chi connectivity index (χ1n) is 18.5. The first-order chi connectivity index (χ1) is 28.4. The summed E-state index contributed by atoms with van der Waals surface area (Å²) in [5.41, 5.74) is -3.81. The molecular weight excluding hydrogens is 822 g/mol. The van der Waals surface area contributed by atoms with Gasteiger partial charge in [0.2, 0.25) is 47.3 Å². The molecule has 0 aromatic heterocycles. The molecule has 316 valence electrons. The third-order valence-corrected chi connectivity index (χ3v) is 12.5. The van der Waals surface area contributed by atoms with Crippen LogP contribution in [0.15, 0.2) is 54.6 Å². The van der Waals surface area contributed by atoms with Crippen molar-refractivity contribution in [3.63, 3.8) is 0 Å². The van der Waals surface area contributed by atoms with E-state index in [4.69, 9.17) is 0 Å². The van der Waals surface area contributed by atoms with E-state index in [0.29, 0.717) is 16.5 Å². The van der Waals surface area contributed by atoms with E-state index in [1.54, 1.807) is 13.0 Å². The number of carbonyl (C=O) groups excluding carboxylic acids is 8. The van der Waals surface area contributed by atoms with Gasteiger partial charge in [0.1, 0.15) is 0 Å². The molecule has 20 heteroatoms. The molecule has 4 aliphatic heterocycles. The quantitative estimate of drug-likeness (QED) is 0.296. The van der Waals surface area contributed by atoms with E-state index in [1.807, 2.05) is 0 Å². The number of likely N-dealkylation sites (tertiary alicyclic amines) is 2. The van der Waals surface area contributed by atoms with Gasteiger partial charge in [-0.25, -0.2) is 14.6 Å². The zero-order valence-electron chi connectivity index (χ0n) is 32.0. The lowest BCUT2D eigenvalue weighted by atomic mass is 9.59. The summed E-state index contributed by atoms with van der Waals surface area (Å²) in [5, 5.41) is 9.17. The van der Waals surface area contributed by atoms with E-state index < -0.39 is 141 Å². The number of amides is 8. The number of imide groups is 4. The van der Waals surface area contributed by atoms with Crippen LogP contribution in [0.3, 0.4) is 0 Å². The molecule has 8 amide bonds. The van der Waals surface area contributed by atoms with E-state index in [-0.39, 0.29) is 16.8 Å². The van der Waals surface area contributed by atoms with Crippen LogP contribution in [-0.4, -0.2) is 82.2 Å². The Balaban J connectivity index is 0.000000180. The number of hydrogen-bond donors (Lipinski definition) is 1. The second-order valence-electron chi connectivity index (χ2n) is 15.8. The smallest absolute Gasteiger partial charge is 0.417 e. The van der Waals surface area contributed by atoms with Crippen molar-refractivity contribution in [3.05, 3.63) is 82.4 Å². The van der Waals surface area contributed by atoms with Crippen LogP contribution in [0.1, 0.15) is 32.6 Å². The Kier molecular flexibility index (Phi) is 9.00. The van der Waals surface area contributed by atoms with Gasteiger partial charge >= 0.3 is 18.3 Å². The maximum Gasteiger partial charge on any atom is 0.417 e. The Morgan fingerprint density at radius 2 is 0.836 bits per heavy atom. The van der Waals surface area contributed by atoms with Gasteiger partial charge in [-0.05, 0) is 66.9 Å². The van der Waals surface area contributed by atoms with Gasteiger partial charge in [-0.3, -0.25) is 48.2 Å². The molecule has 2 aliphatic carbocycles. The van der Waals surface area contributed by atoms with Gasteiger partial charge in [-0.15, -0.1) is 0 Å². The van der Waals surface area contributed by atoms with Gasteiger partial charge in [0.25, 0.3) is 0 Å². The minimum atomic E-state index is -5.13. The van der Waals surface area contributed by atoms with Gasteiger partial charge in [0, 0.05) is 14.1 Å². The van der Waals surface area contributed by atoms with Crippen molar-refractivity contribution in [2.75, 3.05) is 23.9 Å². The molecule has 4 saturated heterocycles. The predicted molar refractivity (Wildman–Crippen MR) is 193 cm³/mol. The second kappa shape index (κ2) is 13.4. The normalized spacial score (nSPS) is 27.8. The number of benzene rings is 3. The average Bonchev–Trinajstić information content (AvgIpc) is 3.64. The van der Waals surface area contributed by atoms with E-state index in [9.17, 15) is 74.6 Å². The Morgan fingerprint density at radius 1 is 0.475 bits per heavy atom. The number of hydrogen-bond acceptors (Lipinski definition) is 9. The van der Waals surface area contributed by atoms with Crippen LogP contribution >= 0.6 is 0 Å². The van der Waals surface area contributed by atoms with Gasteiger partial charge in [-0.2, -0.15) is 26.3 Å². The van der Waals surface area contributed by atoms with Gasteiger partial charge in [-0.1, -0.05) is 23.8 Å². The highest BCUT2D eigenvalue weighted by atomic mass is 19.4. The molecule has 14 nitrogen and oxygen atoms in total. The first kappa shape index (κ1) is 41.0. The van der Waals surface area contributed by atoms with E-state index in [2.05, 4.69) is 0 Å². The third kappa shape index (κ3) is 5.81. The monoisotopic (exact) mass is 852 g/mol. The number of nitrogens with zero attached hydrogens (tertiary/aromatic N) is 4. The summed E-state index contributed by atoms with van der Waals surface area (Å²) in [6.45, 7) is 3.03. The van der Waals surface area contributed by atoms with Crippen molar-refractivity contribution in [1.29, 1.82) is 0 Å². The number of aromatic carboxylic acids is 1. The fraction of sp³-hybridized carbons (Fsp3) is 0.341. The molecule has 2 saturated carbocycles. The molecule has 3 aromatic carbocycles. The molecular formula is C41H30F6N4O10. The Bertz CT molecular complexity index is 2530. The predicted octanol–water partition coefficient (Wildman–Crippen LogP) is 4.09. The molecule has 3 aromatic rings. The van der Waals surface area contributed by atoms with Crippen LogP contribution < -0.4 is 9.80 Å². The first-order valence-corrected chi connectivity index (χ1v) is 18.5. The van der Waals surface area contributed by atoms with Crippen LogP contribution in [0.2, 0.25) is 0 Å². The number of carbonyl (C=O) groups is 9. The fourth-order valence-electron chi connectivity index (χ4n) is 9.67. The van der Waals surface area contributed by atoms with Crippen LogP contribution in [-0.2, 0) is 50.7 Å². The maximum absolute atomic E-state index is 14.0. The number of rotatable bonds is 4. The van der Waals surface area contributed by atoms with E-state index in [1.165, 1.54) is 39.2 Å². The number of fused-ring (bicyclic) bond motifs is 8. The SMILES string of the molecule is Cc1cc(C(=O)O)cc(N2C(=O)C3C4C(=O)N(C)C(=O)C4C3C2=O)c1.Cc1ccc(-c2ccc(N3C(=O)C4C5C(=O)N(C)C(=O)C5C4C3=O)cc2C(F)(F)F)c(C(F)(F)F)c1. The summed E-state index contributed by atoms with van der Waals surface area (Å²) in [6.07, 6.45) is -10.1. The number of anilines is 2. The summed E-state index contributed by atoms with van der Waals surface area (Å²) in [6, 6.07) is 9.32. The van der Waals surface area contributed by atoms with E-state index >= 15 is 0 Å².